The largest absolute Gasteiger partial charge is 0.271 e. The molecule has 1 rings (SSSR count). The predicted octanol–water partition coefficient (Wildman–Crippen LogP) is 2.86. The molecule has 1 atom stereocenters. The summed E-state index contributed by atoms with van der Waals surface area (Å²) < 4.78 is 1.04. The summed E-state index contributed by atoms with van der Waals surface area (Å²) in [4.78, 5) is 0. The first-order valence-corrected chi connectivity index (χ1v) is 5.95. The lowest BCUT2D eigenvalue weighted by Crippen LogP contribution is -2.27. The number of benzene rings is 1. The van der Waals surface area contributed by atoms with Crippen molar-refractivity contribution in [1.82, 2.24) is 5.43 Å². The lowest BCUT2D eigenvalue weighted by molar-refractivity contribution is 0.568. The molecule has 15 heavy (non-hydrogen) atoms. The van der Waals surface area contributed by atoms with E-state index in [1.807, 2.05) is 25.1 Å². The highest BCUT2D eigenvalue weighted by Crippen LogP contribution is 2.24. The smallest absolute Gasteiger partial charge is 0.0569 e. The van der Waals surface area contributed by atoms with Crippen molar-refractivity contribution >= 4 is 34.2 Å². The molecular weight excluding hydrogens is 322 g/mol. The van der Waals surface area contributed by atoms with Crippen LogP contribution in [0.15, 0.2) is 18.2 Å². The molecule has 2 nitrogen and oxygen atoms in total. The zero-order valence-electron chi connectivity index (χ0n) is 8.35. The van der Waals surface area contributed by atoms with Crippen LogP contribution in [0.4, 0.5) is 0 Å². The number of nitrogens with one attached hydrogen (secondary N) is 1. The Labute approximate surface area is 109 Å². The van der Waals surface area contributed by atoms with E-state index >= 15 is 0 Å². The molecule has 0 aliphatic heterocycles. The Balaban J connectivity index is 2.90. The van der Waals surface area contributed by atoms with Crippen LogP contribution in [0.2, 0.25) is 5.02 Å². The lowest BCUT2D eigenvalue weighted by atomic mass is 10.1. The van der Waals surface area contributed by atoms with Crippen molar-refractivity contribution in [1.29, 1.82) is 0 Å². The maximum atomic E-state index is 6.04. The van der Waals surface area contributed by atoms with Gasteiger partial charge in [0, 0.05) is 9.99 Å². The van der Waals surface area contributed by atoms with Gasteiger partial charge in [-0.25, -0.2) is 0 Å². The molecule has 0 saturated heterocycles. The van der Waals surface area contributed by atoms with Gasteiger partial charge in [0.25, 0.3) is 0 Å². The van der Waals surface area contributed by atoms with Gasteiger partial charge in [-0.3, -0.25) is 11.3 Å². The molecule has 0 aliphatic rings. The SMILES string of the molecule is CC#CCC(NN)c1ccc(I)c(Cl)c1. The Kier molecular flexibility index (Phi) is 5.40. The molecule has 0 aliphatic carbocycles. The normalized spacial score (nSPS) is 11.7. The van der Waals surface area contributed by atoms with Gasteiger partial charge in [0.2, 0.25) is 0 Å². The minimum absolute atomic E-state index is 0.0342. The maximum absolute atomic E-state index is 6.04. The van der Waals surface area contributed by atoms with Gasteiger partial charge in [-0.15, -0.1) is 11.8 Å². The average Bonchev–Trinajstić information content (AvgIpc) is 2.24. The number of nitrogens with two attached hydrogens (primary N) is 1. The van der Waals surface area contributed by atoms with Crippen molar-refractivity contribution in [3.8, 4) is 11.8 Å². The van der Waals surface area contributed by atoms with Gasteiger partial charge in [0.15, 0.2) is 0 Å². The second-order valence-corrected chi connectivity index (χ2v) is 4.59. The van der Waals surface area contributed by atoms with Crippen molar-refractivity contribution in [2.75, 3.05) is 0 Å². The molecule has 1 aromatic rings. The molecule has 0 bridgehead atoms. The monoisotopic (exact) mass is 334 g/mol. The number of rotatable bonds is 3. The molecule has 80 valence electrons. The van der Waals surface area contributed by atoms with Crippen LogP contribution in [0.5, 0.6) is 0 Å². The minimum atomic E-state index is 0.0342. The molecule has 0 radical (unpaired) electrons. The average molecular weight is 335 g/mol. The Morgan fingerprint density at radius 2 is 2.33 bits per heavy atom. The van der Waals surface area contributed by atoms with Gasteiger partial charge in [0.1, 0.15) is 0 Å². The van der Waals surface area contributed by atoms with E-state index in [1.165, 1.54) is 0 Å². The number of hydrogen-bond donors (Lipinski definition) is 2. The summed E-state index contributed by atoms with van der Waals surface area (Å²) in [5.41, 5.74) is 3.80. The third-order valence-electron chi connectivity index (χ3n) is 2.03. The van der Waals surface area contributed by atoms with Crippen LogP contribution in [0.1, 0.15) is 24.9 Å². The molecule has 1 aromatic carbocycles. The summed E-state index contributed by atoms with van der Waals surface area (Å²) in [6.45, 7) is 1.81. The van der Waals surface area contributed by atoms with Gasteiger partial charge in [-0.05, 0) is 47.2 Å². The first-order chi connectivity index (χ1) is 7.19. The van der Waals surface area contributed by atoms with Gasteiger partial charge in [-0.1, -0.05) is 17.7 Å². The maximum Gasteiger partial charge on any atom is 0.0569 e. The van der Waals surface area contributed by atoms with Crippen molar-refractivity contribution in [2.45, 2.75) is 19.4 Å². The van der Waals surface area contributed by atoms with E-state index in [0.29, 0.717) is 6.42 Å². The van der Waals surface area contributed by atoms with E-state index in [2.05, 4.69) is 39.9 Å². The molecule has 0 heterocycles. The molecule has 0 saturated carbocycles. The highest BCUT2D eigenvalue weighted by atomic mass is 127. The van der Waals surface area contributed by atoms with E-state index in [-0.39, 0.29) is 6.04 Å². The number of hydrazine groups is 1. The van der Waals surface area contributed by atoms with Crippen molar-refractivity contribution in [2.24, 2.45) is 5.84 Å². The van der Waals surface area contributed by atoms with Crippen LogP contribution in [-0.2, 0) is 0 Å². The van der Waals surface area contributed by atoms with Crippen molar-refractivity contribution in [3.63, 3.8) is 0 Å². The fourth-order valence-corrected chi connectivity index (χ4v) is 1.73. The molecule has 0 spiro atoms. The summed E-state index contributed by atoms with van der Waals surface area (Å²) in [6.07, 6.45) is 0.684. The molecule has 4 heteroatoms. The fourth-order valence-electron chi connectivity index (χ4n) is 1.21. The van der Waals surface area contributed by atoms with Gasteiger partial charge in [-0.2, -0.15) is 0 Å². The highest BCUT2D eigenvalue weighted by molar-refractivity contribution is 14.1. The zero-order chi connectivity index (χ0) is 11.3. The first-order valence-electron chi connectivity index (χ1n) is 4.49. The molecule has 0 aromatic heterocycles. The molecule has 0 amide bonds. The van der Waals surface area contributed by atoms with Crippen molar-refractivity contribution < 1.29 is 0 Å². The summed E-state index contributed by atoms with van der Waals surface area (Å²) in [7, 11) is 0. The second kappa shape index (κ2) is 6.33. The van der Waals surface area contributed by atoms with E-state index < -0.39 is 0 Å². The zero-order valence-corrected chi connectivity index (χ0v) is 11.3. The first kappa shape index (κ1) is 12.8. The van der Waals surface area contributed by atoms with E-state index in [0.717, 1.165) is 14.2 Å². The third-order valence-corrected chi connectivity index (χ3v) is 3.60. The van der Waals surface area contributed by atoms with Crippen LogP contribution < -0.4 is 11.3 Å². The standard InChI is InChI=1S/C11H12ClIN2/c1-2-3-4-11(15-14)8-5-6-10(13)9(12)7-8/h5-7,11,15H,4,14H2,1H3. The van der Waals surface area contributed by atoms with Crippen LogP contribution in [0.3, 0.4) is 0 Å². The van der Waals surface area contributed by atoms with Crippen LogP contribution in [-0.4, -0.2) is 0 Å². The Morgan fingerprint density at radius 3 is 2.87 bits per heavy atom. The summed E-state index contributed by atoms with van der Waals surface area (Å²) >= 11 is 8.23. The summed E-state index contributed by atoms with van der Waals surface area (Å²) in [5.74, 6) is 11.3. The highest BCUT2D eigenvalue weighted by Gasteiger charge is 2.09. The predicted molar refractivity (Wildman–Crippen MR) is 72.3 cm³/mol. The molecule has 0 fully saturated rings. The summed E-state index contributed by atoms with van der Waals surface area (Å²) in [6, 6.07) is 5.94. The quantitative estimate of drug-likeness (QED) is 0.386. The van der Waals surface area contributed by atoms with Crippen molar-refractivity contribution in [3.05, 3.63) is 32.4 Å². The van der Waals surface area contributed by atoms with Gasteiger partial charge in [0.05, 0.1) is 11.1 Å². The van der Waals surface area contributed by atoms with Crippen LogP contribution in [0.25, 0.3) is 0 Å². The Bertz CT molecular complexity index is 395. The van der Waals surface area contributed by atoms with Crippen LogP contribution >= 0.6 is 34.2 Å². The molecular formula is C11H12ClIN2. The lowest BCUT2D eigenvalue weighted by Gasteiger charge is -2.13. The number of halogens is 2. The Hall–Kier alpha value is -0.280. The van der Waals surface area contributed by atoms with E-state index in [4.69, 9.17) is 17.4 Å². The topological polar surface area (TPSA) is 38.0 Å². The molecule has 1 unspecified atom stereocenters. The van der Waals surface area contributed by atoms with Gasteiger partial charge < -0.3 is 0 Å². The van der Waals surface area contributed by atoms with Crippen LogP contribution in [0, 0.1) is 15.4 Å². The Morgan fingerprint density at radius 1 is 1.60 bits per heavy atom. The molecule has 3 N–H and O–H groups in total. The van der Waals surface area contributed by atoms with E-state index in [1.54, 1.807) is 0 Å². The van der Waals surface area contributed by atoms with Gasteiger partial charge >= 0.3 is 0 Å². The minimum Gasteiger partial charge on any atom is -0.271 e. The summed E-state index contributed by atoms with van der Waals surface area (Å²) in [5, 5.41) is 0.748. The second-order valence-electron chi connectivity index (χ2n) is 3.02. The third kappa shape index (κ3) is 3.65. The fraction of sp³-hybridized carbons (Fsp3) is 0.273. The number of hydrogen-bond acceptors (Lipinski definition) is 2. The van der Waals surface area contributed by atoms with E-state index in [9.17, 15) is 0 Å².